The Morgan fingerprint density at radius 3 is 2.52 bits per heavy atom. The fourth-order valence-corrected chi connectivity index (χ4v) is 3.81. The lowest BCUT2D eigenvalue weighted by molar-refractivity contribution is 0.290. The summed E-state index contributed by atoms with van der Waals surface area (Å²) in [6.07, 6.45) is 0. The second-order valence-electron chi connectivity index (χ2n) is 6.43. The zero-order chi connectivity index (χ0) is 20.4. The summed E-state index contributed by atoms with van der Waals surface area (Å²) in [5, 5.41) is 15.2. The lowest BCUT2D eigenvalue weighted by atomic mass is 10.0. The average molecular weight is 427 g/mol. The Labute approximate surface area is 177 Å². The molecule has 0 unspecified atom stereocenters. The Kier molecular flexibility index (Phi) is 5.43. The van der Waals surface area contributed by atoms with E-state index in [1.165, 1.54) is 0 Å². The first-order valence-corrected chi connectivity index (χ1v) is 9.66. The summed E-state index contributed by atoms with van der Waals surface area (Å²) < 4.78 is 7.34. The van der Waals surface area contributed by atoms with Gasteiger partial charge in [0, 0.05) is 21.0 Å². The predicted octanol–water partition coefficient (Wildman–Crippen LogP) is 6.80. The highest BCUT2D eigenvalue weighted by molar-refractivity contribution is 6.36. The van der Waals surface area contributed by atoms with Gasteiger partial charge in [-0.05, 0) is 47.1 Å². The van der Waals surface area contributed by atoms with Crippen LogP contribution in [-0.4, -0.2) is 16.3 Å². The molecule has 0 saturated carbocycles. The van der Waals surface area contributed by atoms with Crippen LogP contribution < -0.4 is 4.74 Å². The number of hydrogen-bond donors (Lipinski definition) is 1. The van der Waals surface area contributed by atoms with Crippen LogP contribution in [0.4, 0.5) is 5.69 Å². The van der Waals surface area contributed by atoms with Crippen molar-refractivity contribution in [3.8, 4) is 22.8 Å². The normalized spacial score (nSPS) is 11.0. The van der Waals surface area contributed by atoms with Gasteiger partial charge >= 0.3 is 0 Å². The van der Waals surface area contributed by atoms with Gasteiger partial charge in [-0.25, -0.2) is 0 Å². The number of para-hydroxylation sites is 1. The second-order valence-corrected chi connectivity index (χ2v) is 7.28. The molecule has 4 aromatic rings. The Balaban J connectivity index is 1.72. The van der Waals surface area contributed by atoms with Crippen LogP contribution in [0.3, 0.4) is 0 Å². The number of nitrogens with zero attached hydrogens (tertiary/aromatic N) is 2. The van der Waals surface area contributed by atoms with E-state index in [2.05, 4.69) is 5.18 Å². The fourth-order valence-electron chi connectivity index (χ4n) is 3.30. The van der Waals surface area contributed by atoms with Gasteiger partial charge in [-0.1, -0.05) is 53.5 Å². The highest BCUT2D eigenvalue weighted by atomic mass is 35.5. The smallest absolute Gasteiger partial charge is 0.222 e. The first-order valence-electron chi connectivity index (χ1n) is 8.90. The van der Waals surface area contributed by atoms with Crippen molar-refractivity contribution in [3.05, 3.63) is 81.7 Å². The molecule has 0 radical (unpaired) electrons. The summed E-state index contributed by atoms with van der Waals surface area (Å²) in [5.74, 6) is 0.539. The molecular weight excluding hydrogens is 411 g/mol. The minimum Gasteiger partial charge on any atom is -0.493 e. The Hall–Kier alpha value is -3.02. The summed E-state index contributed by atoms with van der Waals surface area (Å²) in [7, 11) is 0. The van der Waals surface area contributed by atoms with Gasteiger partial charge in [-0.3, -0.25) is 0 Å². The molecule has 0 bridgehead atoms. The quantitative estimate of drug-likeness (QED) is 0.344. The molecule has 0 fully saturated rings. The maximum absolute atomic E-state index is 11.3. The van der Waals surface area contributed by atoms with Gasteiger partial charge in [-0.2, -0.15) is 0 Å². The van der Waals surface area contributed by atoms with E-state index in [1.54, 1.807) is 22.8 Å². The summed E-state index contributed by atoms with van der Waals surface area (Å²) >= 11 is 12.3. The lowest BCUT2D eigenvalue weighted by Crippen LogP contribution is -2.07. The van der Waals surface area contributed by atoms with Crippen molar-refractivity contribution in [2.45, 2.75) is 6.54 Å². The van der Waals surface area contributed by atoms with Crippen molar-refractivity contribution < 1.29 is 9.84 Å². The first kappa shape index (κ1) is 19.3. The third-order valence-electron chi connectivity index (χ3n) is 4.67. The molecule has 1 heterocycles. The van der Waals surface area contributed by atoms with E-state index >= 15 is 0 Å². The van der Waals surface area contributed by atoms with Gasteiger partial charge in [0.15, 0.2) is 5.69 Å². The van der Waals surface area contributed by atoms with Crippen molar-refractivity contribution in [1.82, 2.24) is 4.57 Å². The molecule has 0 aliphatic rings. The highest BCUT2D eigenvalue weighted by Crippen LogP contribution is 2.41. The lowest BCUT2D eigenvalue weighted by Gasteiger charge is -2.10. The molecule has 4 rings (SSSR count). The van der Waals surface area contributed by atoms with Crippen LogP contribution in [-0.2, 0) is 6.54 Å². The van der Waals surface area contributed by atoms with Gasteiger partial charge in [-0.15, -0.1) is 4.91 Å². The van der Waals surface area contributed by atoms with Crippen molar-refractivity contribution >= 4 is 39.8 Å². The summed E-state index contributed by atoms with van der Waals surface area (Å²) in [4.78, 5) is 11.3. The summed E-state index contributed by atoms with van der Waals surface area (Å²) in [5.41, 5.74) is 2.30. The average Bonchev–Trinajstić information content (AvgIpc) is 2.99. The molecule has 0 aliphatic carbocycles. The Morgan fingerprint density at radius 1 is 1.00 bits per heavy atom. The van der Waals surface area contributed by atoms with Crippen LogP contribution in [0.25, 0.3) is 22.0 Å². The number of aromatic hydroxyl groups is 1. The van der Waals surface area contributed by atoms with Gasteiger partial charge in [0.2, 0.25) is 5.88 Å². The molecule has 7 heteroatoms. The van der Waals surface area contributed by atoms with Crippen LogP contribution in [0.15, 0.2) is 71.9 Å². The van der Waals surface area contributed by atoms with Gasteiger partial charge in [0.05, 0.1) is 12.1 Å². The summed E-state index contributed by atoms with van der Waals surface area (Å²) in [6, 6.07) is 20.1. The molecule has 3 aromatic carbocycles. The molecule has 0 atom stereocenters. The predicted molar refractivity (Wildman–Crippen MR) is 116 cm³/mol. The Bertz CT molecular complexity index is 1190. The van der Waals surface area contributed by atoms with Crippen LogP contribution >= 0.6 is 23.2 Å². The van der Waals surface area contributed by atoms with Crippen molar-refractivity contribution in [3.63, 3.8) is 0 Å². The highest BCUT2D eigenvalue weighted by Gasteiger charge is 2.18. The largest absolute Gasteiger partial charge is 0.493 e. The fraction of sp³-hybridized carbons (Fsp3) is 0.0909. The zero-order valence-corrected chi connectivity index (χ0v) is 16.7. The monoisotopic (exact) mass is 426 g/mol. The minimum absolute atomic E-state index is 0.00784. The second kappa shape index (κ2) is 8.15. The number of hydrogen-bond acceptors (Lipinski definition) is 4. The standard InChI is InChI=1S/C22H16Cl2N2O3/c23-15-7-9-17(19(24)13-15)14-6-8-18-20(12-14)26(22(27)21(18)25-28)10-11-29-16-4-2-1-3-5-16/h1-9,12-13,27H,10-11H2. The Morgan fingerprint density at radius 2 is 1.79 bits per heavy atom. The number of nitroso groups, excluding NO2 is 1. The third-order valence-corrected chi connectivity index (χ3v) is 5.22. The van der Waals surface area contributed by atoms with E-state index in [0.29, 0.717) is 34.1 Å². The van der Waals surface area contributed by atoms with Crippen LogP contribution in [0.1, 0.15) is 0 Å². The van der Waals surface area contributed by atoms with Crippen LogP contribution in [0, 0.1) is 4.91 Å². The molecular formula is C22H16Cl2N2O3. The van der Waals surface area contributed by atoms with E-state index in [0.717, 1.165) is 16.9 Å². The third kappa shape index (κ3) is 3.79. The van der Waals surface area contributed by atoms with Crippen LogP contribution in [0.5, 0.6) is 11.6 Å². The molecule has 0 saturated heterocycles. The maximum Gasteiger partial charge on any atom is 0.222 e. The molecule has 0 aliphatic heterocycles. The first-order chi connectivity index (χ1) is 14.1. The molecule has 0 spiro atoms. The van der Waals surface area contributed by atoms with Crippen molar-refractivity contribution in [2.24, 2.45) is 5.18 Å². The van der Waals surface area contributed by atoms with Crippen LogP contribution in [0.2, 0.25) is 10.0 Å². The van der Waals surface area contributed by atoms with E-state index < -0.39 is 0 Å². The van der Waals surface area contributed by atoms with E-state index in [9.17, 15) is 10.0 Å². The van der Waals surface area contributed by atoms with Crippen molar-refractivity contribution in [2.75, 3.05) is 6.61 Å². The molecule has 146 valence electrons. The zero-order valence-electron chi connectivity index (χ0n) is 15.2. The number of rotatable bonds is 6. The van der Waals surface area contributed by atoms with E-state index in [-0.39, 0.29) is 11.6 Å². The van der Waals surface area contributed by atoms with E-state index in [1.807, 2.05) is 48.5 Å². The minimum atomic E-state index is -0.189. The number of ether oxygens (including phenoxy) is 1. The SMILES string of the molecule is O=Nc1c(O)n(CCOc2ccccc2)c2cc(-c3ccc(Cl)cc3Cl)ccc12. The summed E-state index contributed by atoms with van der Waals surface area (Å²) in [6.45, 7) is 0.649. The number of aromatic nitrogens is 1. The van der Waals surface area contributed by atoms with Crippen molar-refractivity contribution in [1.29, 1.82) is 0 Å². The molecule has 0 amide bonds. The van der Waals surface area contributed by atoms with Gasteiger partial charge < -0.3 is 14.4 Å². The molecule has 1 aromatic heterocycles. The number of fused-ring (bicyclic) bond motifs is 1. The molecule has 5 nitrogen and oxygen atoms in total. The number of halogens is 2. The topological polar surface area (TPSA) is 63.8 Å². The van der Waals surface area contributed by atoms with Gasteiger partial charge in [0.1, 0.15) is 12.4 Å². The van der Waals surface area contributed by atoms with E-state index in [4.69, 9.17) is 27.9 Å². The maximum atomic E-state index is 11.3. The molecule has 29 heavy (non-hydrogen) atoms. The molecule has 1 N–H and O–H groups in total. The van der Waals surface area contributed by atoms with Gasteiger partial charge in [0.25, 0.3) is 0 Å². The number of benzene rings is 3.